The standard InChI is InChI=1S/C16H22N6O.C4H4O4/c23-16(12-4-3-5-12)20-14-13-10-19-22(15(13)18-11-17-14)9-8-21-6-1-2-7-21;5-3(6)1-2-4(7)8/h10-12H,1-9H2,(H,17,18,20,23);1-2H,(H,5,6)(H,7,8)/b;2-1-. The molecule has 11 nitrogen and oxygen atoms in total. The minimum absolute atomic E-state index is 0.0704. The van der Waals surface area contributed by atoms with E-state index in [1.807, 2.05) is 4.68 Å². The van der Waals surface area contributed by atoms with Gasteiger partial charge in [0.1, 0.15) is 12.1 Å². The molecule has 1 saturated heterocycles. The second-order valence-corrected chi connectivity index (χ2v) is 7.50. The first-order chi connectivity index (χ1) is 14.9. The highest BCUT2D eigenvalue weighted by molar-refractivity contribution is 5.99. The fourth-order valence-electron chi connectivity index (χ4n) is 3.43. The van der Waals surface area contributed by atoms with Gasteiger partial charge in [-0.1, -0.05) is 6.42 Å². The Bertz CT molecular complexity index is 946. The summed E-state index contributed by atoms with van der Waals surface area (Å²) >= 11 is 0. The van der Waals surface area contributed by atoms with Gasteiger partial charge in [0, 0.05) is 24.6 Å². The summed E-state index contributed by atoms with van der Waals surface area (Å²) in [5, 5.41) is 23.8. The Balaban J connectivity index is 0.000000293. The summed E-state index contributed by atoms with van der Waals surface area (Å²) in [4.78, 5) is 42.3. The van der Waals surface area contributed by atoms with Crippen molar-refractivity contribution in [3.05, 3.63) is 24.7 Å². The van der Waals surface area contributed by atoms with Crippen molar-refractivity contribution >= 4 is 34.7 Å². The van der Waals surface area contributed by atoms with E-state index in [0.717, 1.165) is 43.4 Å². The molecule has 3 heterocycles. The van der Waals surface area contributed by atoms with E-state index in [-0.39, 0.29) is 11.8 Å². The normalized spacial score (nSPS) is 16.6. The van der Waals surface area contributed by atoms with Gasteiger partial charge >= 0.3 is 11.9 Å². The summed E-state index contributed by atoms with van der Waals surface area (Å²) in [7, 11) is 0. The van der Waals surface area contributed by atoms with Crippen LogP contribution >= 0.6 is 0 Å². The molecule has 0 unspecified atom stereocenters. The van der Waals surface area contributed by atoms with E-state index < -0.39 is 11.9 Å². The Morgan fingerprint density at radius 2 is 1.71 bits per heavy atom. The topological polar surface area (TPSA) is 151 Å². The molecule has 0 atom stereocenters. The van der Waals surface area contributed by atoms with Crippen molar-refractivity contribution in [3.8, 4) is 0 Å². The minimum atomic E-state index is -1.26. The molecular formula is C20H26N6O5. The first kappa shape index (κ1) is 22.3. The monoisotopic (exact) mass is 430 g/mol. The first-order valence-corrected chi connectivity index (χ1v) is 10.3. The number of aromatic nitrogens is 4. The van der Waals surface area contributed by atoms with Crippen LogP contribution in [0.4, 0.5) is 5.82 Å². The third kappa shape index (κ3) is 6.32. The molecule has 1 amide bonds. The number of rotatable bonds is 7. The lowest BCUT2D eigenvalue weighted by molar-refractivity contribution is -0.134. The molecule has 2 fully saturated rings. The summed E-state index contributed by atoms with van der Waals surface area (Å²) in [5.41, 5.74) is 0.795. The number of likely N-dealkylation sites (tertiary alicyclic amines) is 1. The van der Waals surface area contributed by atoms with Gasteiger partial charge in [-0.25, -0.2) is 24.2 Å². The Kier molecular flexibility index (Phi) is 7.65. The quantitative estimate of drug-likeness (QED) is 0.553. The molecule has 2 aromatic heterocycles. The van der Waals surface area contributed by atoms with Crippen LogP contribution in [-0.4, -0.2) is 72.3 Å². The summed E-state index contributed by atoms with van der Waals surface area (Å²) in [6, 6.07) is 0. The zero-order valence-electron chi connectivity index (χ0n) is 17.1. The van der Waals surface area contributed by atoms with Gasteiger partial charge in [0.2, 0.25) is 5.91 Å². The van der Waals surface area contributed by atoms with Crippen molar-refractivity contribution in [2.75, 3.05) is 25.0 Å². The van der Waals surface area contributed by atoms with E-state index in [1.165, 1.54) is 32.3 Å². The number of hydrogen-bond donors (Lipinski definition) is 3. The zero-order valence-corrected chi connectivity index (χ0v) is 17.1. The number of carbonyl (C=O) groups is 3. The number of carboxylic acid groups (broad SMARTS) is 2. The summed E-state index contributed by atoms with van der Waals surface area (Å²) in [5.74, 6) is -1.72. The van der Waals surface area contributed by atoms with E-state index in [4.69, 9.17) is 10.2 Å². The van der Waals surface area contributed by atoms with Gasteiger partial charge in [0.15, 0.2) is 5.65 Å². The molecule has 3 N–H and O–H groups in total. The highest BCUT2D eigenvalue weighted by Gasteiger charge is 2.26. The molecule has 2 aromatic rings. The van der Waals surface area contributed by atoms with Crippen LogP contribution in [-0.2, 0) is 20.9 Å². The van der Waals surface area contributed by atoms with Crippen LogP contribution in [0.1, 0.15) is 32.1 Å². The largest absolute Gasteiger partial charge is 0.478 e. The van der Waals surface area contributed by atoms with Crippen molar-refractivity contribution in [2.45, 2.75) is 38.6 Å². The van der Waals surface area contributed by atoms with E-state index in [0.29, 0.717) is 18.0 Å². The lowest BCUT2D eigenvalue weighted by Gasteiger charge is -2.23. The number of amides is 1. The average Bonchev–Trinajstić information content (AvgIpc) is 3.34. The van der Waals surface area contributed by atoms with Crippen LogP contribution in [0, 0.1) is 5.92 Å². The van der Waals surface area contributed by atoms with Crippen LogP contribution in [0.5, 0.6) is 0 Å². The maximum atomic E-state index is 12.1. The van der Waals surface area contributed by atoms with Gasteiger partial charge in [0.05, 0.1) is 18.1 Å². The van der Waals surface area contributed by atoms with Crippen LogP contribution < -0.4 is 5.32 Å². The van der Waals surface area contributed by atoms with Gasteiger partial charge in [-0.15, -0.1) is 0 Å². The molecule has 0 bridgehead atoms. The Labute approximate surface area is 178 Å². The second-order valence-electron chi connectivity index (χ2n) is 7.50. The number of anilines is 1. The zero-order chi connectivity index (χ0) is 22.2. The smallest absolute Gasteiger partial charge is 0.328 e. The van der Waals surface area contributed by atoms with Crippen molar-refractivity contribution < 1.29 is 24.6 Å². The Hall–Kier alpha value is -3.34. The molecule has 31 heavy (non-hydrogen) atoms. The van der Waals surface area contributed by atoms with Crippen molar-refractivity contribution in [1.82, 2.24) is 24.6 Å². The molecular weight excluding hydrogens is 404 g/mol. The molecule has 4 rings (SSSR count). The maximum Gasteiger partial charge on any atom is 0.328 e. The van der Waals surface area contributed by atoms with Gasteiger partial charge in [0.25, 0.3) is 0 Å². The number of hydrogen-bond acceptors (Lipinski definition) is 7. The molecule has 2 aliphatic rings. The van der Waals surface area contributed by atoms with Gasteiger partial charge in [-0.3, -0.25) is 4.79 Å². The van der Waals surface area contributed by atoms with Crippen LogP contribution in [0.3, 0.4) is 0 Å². The average molecular weight is 430 g/mol. The molecule has 11 heteroatoms. The maximum absolute atomic E-state index is 12.1. The lowest BCUT2D eigenvalue weighted by atomic mass is 9.85. The van der Waals surface area contributed by atoms with E-state index in [1.54, 1.807) is 6.20 Å². The lowest BCUT2D eigenvalue weighted by Crippen LogP contribution is -2.28. The molecule has 0 spiro atoms. The number of aliphatic carboxylic acids is 2. The first-order valence-electron chi connectivity index (χ1n) is 10.3. The van der Waals surface area contributed by atoms with Crippen LogP contribution in [0.15, 0.2) is 24.7 Å². The number of carbonyl (C=O) groups excluding carboxylic acids is 1. The summed E-state index contributed by atoms with van der Waals surface area (Å²) < 4.78 is 1.91. The molecule has 1 aliphatic carbocycles. The fraction of sp³-hybridized carbons (Fsp3) is 0.500. The molecule has 1 saturated carbocycles. The number of nitrogens with zero attached hydrogens (tertiary/aromatic N) is 5. The SMILES string of the molecule is O=C(Nc1ncnc2c1cnn2CCN1CCCC1)C1CCC1.O=C(O)/C=C\C(=O)O. The highest BCUT2D eigenvalue weighted by Crippen LogP contribution is 2.28. The molecule has 0 radical (unpaired) electrons. The van der Waals surface area contributed by atoms with Crippen molar-refractivity contribution in [3.63, 3.8) is 0 Å². The molecule has 0 aromatic carbocycles. The Morgan fingerprint density at radius 3 is 2.29 bits per heavy atom. The van der Waals surface area contributed by atoms with Gasteiger partial charge in [-0.05, 0) is 38.8 Å². The third-order valence-electron chi connectivity index (χ3n) is 5.35. The third-order valence-corrected chi connectivity index (χ3v) is 5.35. The van der Waals surface area contributed by atoms with E-state index >= 15 is 0 Å². The predicted molar refractivity (Wildman–Crippen MR) is 111 cm³/mol. The Morgan fingerprint density at radius 1 is 1.03 bits per heavy atom. The van der Waals surface area contributed by atoms with Crippen molar-refractivity contribution in [2.24, 2.45) is 5.92 Å². The van der Waals surface area contributed by atoms with E-state index in [2.05, 4.69) is 25.3 Å². The molecule has 1 aliphatic heterocycles. The van der Waals surface area contributed by atoms with Crippen LogP contribution in [0.2, 0.25) is 0 Å². The number of carboxylic acids is 2. The summed E-state index contributed by atoms with van der Waals surface area (Å²) in [6.07, 6.45) is 10.1. The minimum Gasteiger partial charge on any atom is -0.478 e. The number of fused-ring (bicyclic) bond motifs is 1. The highest BCUT2D eigenvalue weighted by atomic mass is 16.4. The van der Waals surface area contributed by atoms with Crippen molar-refractivity contribution in [1.29, 1.82) is 0 Å². The summed E-state index contributed by atoms with van der Waals surface area (Å²) in [6.45, 7) is 4.16. The van der Waals surface area contributed by atoms with Crippen LogP contribution in [0.25, 0.3) is 11.0 Å². The number of nitrogens with one attached hydrogen (secondary N) is 1. The van der Waals surface area contributed by atoms with E-state index in [9.17, 15) is 14.4 Å². The molecule has 166 valence electrons. The van der Waals surface area contributed by atoms with Gasteiger partial charge in [-0.2, -0.15) is 5.10 Å². The predicted octanol–water partition coefficient (Wildman–Crippen LogP) is 1.37. The second kappa shape index (κ2) is 10.6. The van der Waals surface area contributed by atoms with Gasteiger partial charge < -0.3 is 20.4 Å². The fourth-order valence-corrected chi connectivity index (χ4v) is 3.43.